The number of hydrogen-bond donors (Lipinski definition) is 1. The summed E-state index contributed by atoms with van der Waals surface area (Å²) in [5, 5.41) is 3.57. The largest absolute Gasteiger partial charge is 0.380 e. The second kappa shape index (κ2) is 4.67. The molecule has 0 amide bonds. The molecule has 2 rings (SSSR count). The van der Waals surface area contributed by atoms with E-state index < -0.39 is 0 Å². The first-order valence-electron chi connectivity index (χ1n) is 5.70. The molecule has 1 N–H and O–H groups in total. The van der Waals surface area contributed by atoms with Gasteiger partial charge in [-0.3, -0.25) is 0 Å². The number of anilines is 1. The lowest BCUT2D eigenvalue weighted by Crippen LogP contribution is -2.19. The normalized spacial score (nSPS) is 20.9. The topological polar surface area (TPSA) is 21.3 Å². The molecule has 1 heterocycles. The highest BCUT2D eigenvalue weighted by molar-refractivity contribution is 5.53. The van der Waals surface area contributed by atoms with Gasteiger partial charge < -0.3 is 10.1 Å². The van der Waals surface area contributed by atoms with Crippen LogP contribution in [0.4, 0.5) is 5.69 Å². The average Bonchev–Trinajstić information content (AvgIpc) is 2.71. The molecule has 82 valence electrons. The van der Waals surface area contributed by atoms with Gasteiger partial charge in [0.05, 0.1) is 12.6 Å². The van der Waals surface area contributed by atoms with Crippen LogP contribution in [-0.4, -0.2) is 19.3 Å². The van der Waals surface area contributed by atoms with Crippen molar-refractivity contribution < 1.29 is 4.74 Å². The first kappa shape index (κ1) is 10.5. The molecule has 1 unspecified atom stereocenters. The minimum atomic E-state index is 0.491. The fraction of sp³-hybridized carbons (Fsp3) is 0.538. The third-order valence-electron chi connectivity index (χ3n) is 2.87. The zero-order valence-corrected chi connectivity index (χ0v) is 9.49. The third-order valence-corrected chi connectivity index (χ3v) is 2.87. The number of nitrogens with one attached hydrogen (secondary N) is 1. The van der Waals surface area contributed by atoms with Gasteiger partial charge in [0.2, 0.25) is 0 Å². The van der Waals surface area contributed by atoms with E-state index in [2.05, 4.69) is 43.4 Å². The highest BCUT2D eigenvalue weighted by atomic mass is 16.5. The van der Waals surface area contributed by atoms with E-state index in [0.717, 1.165) is 19.6 Å². The molecule has 0 radical (unpaired) electrons. The van der Waals surface area contributed by atoms with Crippen LogP contribution in [0.15, 0.2) is 24.3 Å². The molecule has 0 aliphatic carbocycles. The van der Waals surface area contributed by atoms with Gasteiger partial charge >= 0.3 is 0 Å². The zero-order valence-electron chi connectivity index (χ0n) is 9.49. The number of ether oxygens (including phenoxy) is 1. The maximum Gasteiger partial charge on any atom is 0.0668 e. The minimum Gasteiger partial charge on any atom is -0.380 e. The predicted octanol–water partition coefficient (Wildman–Crippen LogP) is 3.01. The molecule has 0 spiro atoms. The predicted molar refractivity (Wildman–Crippen MR) is 63.4 cm³/mol. The summed E-state index contributed by atoms with van der Waals surface area (Å²) in [4.78, 5) is 0. The second-order valence-electron chi connectivity index (χ2n) is 4.45. The Morgan fingerprint density at radius 3 is 2.80 bits per heavy atom. The van der Waals surface area contributed by atoms with Crippen LogP contribution in [0.25, 0.3) is 0 Å². The maximum absolute atomic E-state index is 5.37. The summed E-state index contributed by atoms with van der Waals surface area (Å²) < 4.78 is 5.37. The highest BCUT2D eigenvalue weighted by Crippen LogP contribution is 2.25. The van der Waals surface area contributed by atoms with Gasteiger partial charge in [-0.25, -0.2) is 0 Å². The van der Waals surface area contributed by atoms with Crippen LogP contribution in [0.3, 0.4) is 0 Å². The van der Waals surface area contributed by atoms with E-state index in [1.54, 1.807) is 0 Å². The first-order chi connectivity index (χ1) is 7.27. The number of rotatable bonds is 3. The van der Waals surface area contributed by atoms with Gasteiger partial charge in [0.1, 0.15) is 0 Å². The molecule has 1 aromatic carbocycles. The quantitative estimate of drug-likeness (QED) is 0.819. The van der Waals surface area contributed by atoms with Crippen LogP contribution < -0.4 is 5.32 Å². The van der Waals surface area contributed by atoms with Gasteiger partial charge in [0.15, 0.2) is 0 Å². The van der Waals surface area contributed by atoms with Crippen molar-refractivity contribution in [2.45, 2.75) is 32.2 Å². The molecule has 1 saturated heterocycles. The van der Waals surface area contributed by atoms with Crippen molar-refractivity contribution in [1.29, 1.82) is 0 Å². The van der Waals surface area contributed by atoms with Crippen LogP contribution in [0, 0.1) is 0 Å². The smallest absolute Gasteiger partial charge is 0.0668 e. The molecule has 0 aromatic heterocycles. The number of hydrogen-bond acceptors (Lipinski definition) is 2. The number of para-hydroxylation sites is 1. The van der Waals surface area contributed by atoms with E-state index in [9.17, 15) is 0 Å². The molecule has 2 nitrogen and oxygen atoms in total. The molecule has 1 atom stereocenters. The van der Waals surface area contributed by atoms with Crippen molar-refractivity contribution in [2.75, 3.05) is 18.5 Å². The summed E-state index contributed by atoms with van der Waals surface area (Å²) in [5.74, 6) is 0.566. The molecule has 1 aliphatic heterocycles. The van der Waals surface area contributed by atoms with Gasteiger partial charge in [-0.15, -0.1) is 0 Å². The van der Waals surface area contributed by atoms with E-state index >= 15 is 0 Å². The van der Waals surface area contributed by atoms with Gasteiger partial charge in [-0.2, -0.15) is 0 Å². The Morgan fingerprint density at radius 2 is 2.13 bits per heavy atom. The highest BCUT2D eigenvalue weighted by Gasteiger charge is 2.16. The van der Waals surface area contributed by atoms with Crippen molar-refractivity contribution in [3.8, 4) is 0 Å². The molecule has 0 bridgehead atoms. The van der Waals surface area contributed by atoms with E-state index in [-0.39, 0.29) is 0 Å². The van der Waals surface area contributed by atoms with Gasteiger partial charge in [-0.1, -0.05) is 32.0 Å². The van der Waals surface area contributed by atoms with Gasteiger partial charge in [0, 0.05) is 12.3 Å². The Balaban J connectivity index is 2.12. The van der Waals surface area contributed by atoms with E-state index in [0.29, 0.717) is 12.0 Å². The Bertz CT molecular complexity index is 316. The van der Waals surface area contributed by atoms with Crippen LogP contribution in [0.1, 0.15) is 31.7 Å². The van der Waals surface area contributed by atoms with E-state index in [1.165, 1.54) is 11.3 Å². The van der Waals surface area contributed by atoms with Crippen molar-refractivity contribution in [1.82, 2.24) is 0 Å². The maximum atomic E-state index is 5.37. The fourth-order valence-electron chi connectivity index (χ4n) is 2.00. The molecule has 1 fully saturated rings. The first-order valence-corrected chi connectivity index (χ1v) is 5.70. The van der Waals surface area contributed by atoms with Crippen molar-refractivity contribution in [3.05, 3.63) is 29.8 Å². The van der Waals surface area contributed by atoms with E-state index in [4.69, 9.17) is 4.74 Å². The van der Waals surface area contributed by atoms with Crippen LogP contribution in [-0.2, 0) is 4.74 Å². The molecule has 1 aromatic rings. The van der Waals surface area contributed by atoms with Gasteiger partial charge in [-0.05, 0) is 24.0 Å². The molecule has 2 heteroatoms. The fourth-order valence-corrected chi connectivity index (χ4v) is 2.00. The lowest BCUT2D eigenvalue weighted by molar-refractivity contribution is 0.195. The second-order valence-corrected chi connectivity index (χ2v) is 4.45. The van der Waals surface area contributed by atoms with Crippen LogP contribution in [0.2, 0.25) is 0 Å². The summed E-state index contributed by atoms with van der Waals surface area (Å²) >= 11 is 0. The van der Waals surface area contributed by atoms with Crippen molar-refractivity contribution in [3.63, 3.8) is 0 Å². The third kappa shape index (κ3) is 2.51. The molecule has 1 aliphatic rings. The van der Waals surface area contributed by atoms with Gasteiger partial charge in [0.25, 0.3) is 0 Å². The summed E-state index contributed by atoms with van der Waals surface area (Å²) in [6.45, 7) is 6.19. The Kier molecular flexibility index (Phi) is 3.27. The minimum absolute atomic E-state index is 0.491. The van der Waals surface area contributed by atoms with Crippen molar-refractivity contribution >= 4 is 5.69 Å². The van der Waals surface area contributed by atoms with Crippen LogP contribution in [0.5, 0.6) is 0 Å². The molecular formula is C13H19NO. The number of benzene rings is 1. The summed E-state index contributed by atoms with van der Waals surface area (Å²) in [5.41, 5.74) is 2.66. The summed E-state index contributed by atoms with van der Waals surface area (Å²) in [6, 6.07) is 9.04. The Morgan fingerprint density at radius 1 is 1.33 bits per heavy atom. The molecule has 0 saturated carbocycles. The van der Waals surface area contributed by atoms with Crippen LogP contribution >= 0.6 is 0 Å². The van der Waals surface area contributed by atoms with Crippen molar-refractivity contribution in [2.24, 2.45) is 0 Å². The lowest BCUT2D eigenvalue weighted by atomic mass is 10.0. The molecular weight excluding hydrogens is 186 g/mol. The Labute approximate surface area is 91.6 Å². The SMILES string of the molecule is CC(C)c1ccccc1NC1CCOC1. The summed E-state index contributed by atoms with van der Waals surface area (Å²) in [6.07, 6.45) is 1.12. The molecule has 15 heavy (non-hydrogen) atoms. The monoisotopic (exact) mass is 205 g/mol. The average molecular weight is 205 g/mol. The standard InChI is InChI=1S/C13H19NO/c1-10(2)12-5-3-4-6-13(12)14-11-7-8-15-9-11/h3-6,10-11,14H,7-9H2,1-2H3. The summed E-state index contributed by atoms with van der Waals surface area (Å²) in [7, 11) is 0. The van der Waals surface area contributed by atoms with E-state index in [1.807, 2.05) is 0 Å². The lowest BCUT2D eigenvalue weighted by Gasteiger charge is -2.17. The Hall–Kier alpha value is -1.02. The zero-order chi connectivity index (χ0) is 10.7.